The van der Waals surface area contributed by atoms with Crippen molar-refractivity contribution in [3.8, 4) is 11.3 Å². The van der Waals surface area contributed by atoms with E-state index in [0.29, 0.717) is 5.92 Å². The Morgan fingerprint density at radius 2 is 2.00 bits per heavy atom. The van der Waals surface area contributed by atoms with Gasteiger partial charge in [0.2, 0.25) is 0 Å². The SMILES string of the molecule is CNc1nc(C2CC2)nc(-c2cnccc2C)c1C. The van der Waals surface area contributed by atoms with Crippen LogP contribution in [0.15, 0.2) is 18.5 Å². The van der Waals surface area contributed by atoms with E-state index in [0.717, 1.165) is 28.5 Å². The van der Waals surface area contributed by atoms with Crippen LogP contribution < -0.4 is 5.32 Å². The van der Waals surface area contributed by atoms with Crippen LogP contribution in [0.4, 0.5) is 5.82 Å². The van der Waals surface area contributed by atoms with Gasteiger partial charge in [-0.25, -0.2) is 9.97 Å². The van der Waals surface area contributed by atoms with E-state index < -0.39 is 0 Å². The van der Waals surface area contributed by atoms with Crippen LogP contribution in [0.5, 0.6) is 0 Å². The highest BCUT2D eigenvalue weighted by Crippen LogP contribution is 2.40. The van der Waals surface area contributed by atoms with E-state index >= 15 is 0 Å². The Labute approximate surface area is 113 Å². The summed E-state index contributed by atoms with van der Waals surface area (Å²) in [4.78, 5) is 13.6. The molecule has 0 radical (unpaired) electrons. The van der Waals surface area contributed by atoms with Gasteiger partial charge in [-0.3, -0.25) is 4.98 Å². The van der Waals surface area contributed by atoms with E-state index in [1.54, 1.807) is 0 Å². The highest BCUT2D eigenvalue weighted by Gasteiger charge is 2.28. The minimum Gasteiger partial charge on any atom is -0.373 e. The summed E-state index contributed by atoms with van der Waals surface area (Å²) in [5.41, 5.74) is 4.39. The molecule has 98 valence electrons. The highest BCUT2D eigenvalue weighted by atomic mass is 15.0. The van der Waals surface area contributed by atoms with Crippen LogP contribution in [0.1, 0.15) is 35.7 Å². The molecule has 2 aromatic rings. The molecule has 2 aromatic heterocycles. The molecule has 0 saturated heterocycles. The zero-order chi connectivity index (χ0) is 13.4. The zero-order valence-corrected chi connectivity index (χ0v) is 11.6. The minimum absolute atomic E-state index is 0.545. The van der Waals surface area contributed by atoms with Crippen molar-refractivity contribution in [1.29, 1.82) is 0 Å². The van der Waals surface area contributed by atoms with Crippen molar-refractivity contribution in [2.45, 2.75) is 32.6 Å². The molecule has 4 nitrogen and oxygen atoms in total. The molecule has 0 unspecified atom stereocenters. The molecule has 2 heterocycles. The topological polar surface area (TPSA) is 50.7 Å². The molecule has 0 aliphatic heterocycles. The van der Waals surface area contributed by atoms with E-state index in [1.807, 2.05) is 25.5 Å². The second-order valence-corrected chi connectivity index (χ2v) is 5.12. The minimum atomic E-state index is 0.545. The third-order valence-electron chi connectivity index (χ3n) is 3.64. The van der Waals surface area contributed by atoms with Crippen molar-refractivity contribution in [2.75, 3.05) is 12.4 Å². The Morgan fingerprint density at radius 3 is 2.63 bits per heavy atom. The summed E-state index contributed by atoms with van der Waals surface area (Å²) in [6.07, 6.45) is 6.12. The lowest BCUT2D eigenvalue weighted by atomic mass is 10.0. The molecule has 3 rings (SSSR count). The smallest absolute Gasteiger partial charge is 0.134 e. The van der Waals surface area contributed by atoms with Gasteiger partial charge in [0.15, 0.2) is 0 Å². The average molecular weight is 254 g/mol. The van der Waals surface area contributed by atoms with Crippen molar-refractivity contribution in [3.63, 3.8) is 0 Å². The predicted octanol–water partition coefficient (Wildman–Crippen LogP) is 3.07. The van der Waals surface area contributed by atoms with Crippen LogP contribution in [0, 0.1) is 13.8 Å². The first kappa shape index (κ1) is 12.1. The number of rotatable bonds is 3. The van der Waals surface area contributed by atoms with Gasteiger partial charge in [-0.1, -0.05) is 0 Å². The molecule has 1 aliphatic carbocycles. The van der Waals surface area contributed by atoms with Gasteiger partial charge < -0.3 is 5.32 Å². The number of anilines is 1. The summed E-state index contributed by atoms with van der Waals surface area (Å²) in [5, 5.41) is 3.18. The summed E-state index contributed by atoms with van der Waals surface area (Å²) in [7, 11) is 1.91. The third-order valence-corrected chi connectivity index (χ3v) is 3.64. The maximum atomic E-state index is 4.78. The quantitative estimate of drug-likeness (QED) is 0.914. The largest absolute Gasteiger partial charge is 0.373 e. The highest BCUT2D eigenvalue weighted by molar-refractivity contribution is 5.70. The van der Waals surface area contributed by atoms with Crippen molar-refractivity contribution in [1.82, 2.24) is 15.0 Å². The van der Waals surface area contributed by atoms with Crippen molar-refractivity contribution >= 4 is 5.82 Å². The van der Waals surface area contributed by atoms with Gasteiger partial charge in [0.25, 0.3) is 0 Å². The van der Waals surface area contributed by atoms with Gasteiger partial charge in [-0.15, -0.1) is 0 Å². The van der Waals surface area contributed by atoms with Crippen LogP contribution in [0.25, 0.3) is 11.3 Å². The number of nitrogens with one attached hydrogen (secondary N) is 1. The van der Waals surface area contributed by atoms with Crippen LogP contribution in [-0.4, -0.2) is 22.0 Å². The summed E-state index contributed by atoms with van der Waals surface area (Å²) in [6, 6.07) is 2.02. The van der Waals surface area contributed by atoms with Crippen LogP contribution in [-0.2, 0) is 0 Å². The first-order chi connectivity index (χ1) is 9.20. The van der Waals surface area contributed by atoms with E-state index in [9.17, 15) is 0 Å². The molecule has 1 saturated carbocycles. The van der Waals surface area contributed by atoms with Gasteiger partial charge in [-0.05, 0) is 38.3 Å². The van der Waals surface area contributed by atoms with Gasteiger partial charge in [0, 0.05) is 36.5 Å². The second kappa shape index (κ2) is 4.61. The Bertz CT molecular complexity index is 618. The Hall–Kier alpha value is -1.97. The Kier molecular flexibility index (Phi) is 2.93. The maximum Gasteiger partial charge on any atom is 0.134 e. The molecule has 0 aromatic carbocycles. The molecule has 1 aliphatic rings. The van der Waals surface area contributed by atoms with E-state index in [-0.39, 0.29) is 0 Å². The molecule has 19 heavy (non-hydrogen) atoms. The van der Waals surface area contributed by atoms with Gasteiger partial charge >= 0.3 is 0 Å². The molecule has 1 N–H and O–H groups in total. The van der Waals surface area contributed by atoms with Gasteiger partial charge in [0.1, 0.15) is 11.6 Å². The third kappa shape index (κ3) is 2.18. The molecule has 0 atom stereocenters. The molecule has 0 bridgehead atoms. The van der Waals surface area contributed by atoms with Crippen LogP contribution in [0.3, 0.4) is 0 Å². The van der Waals surface area contributed by atoms with E-state index in [1.165, 1.54) is 18.4 Å². The molecule has 4 heteroatoms. The monoisotopic (exact) mass is 254 g/mol. The number of aryl methyl sites for hydroxylation is 1. The lowest BCUT2D eigenvalue weighted by Gasteiger charge is -2.13. The molecule has 1 fully saturated rings. The fourth-order valence-electron chi connectivity index (χ4n) is 2.28. The molecule has 0 spiro atoms. The summed E-state index contributed by atoms with van der Waals surface area (Å²) >= 11 is 0. The molecular formula is C15H18N4. The standard InChI is InChI=1S/C15H18N4/c1-9-6-7-17-8-12(9)13-10(2)14(16-3)19-15(18-13)11-4-5-11/h6-8,11H,4-5H2,1-3H3,(H,16,18,19). The zero-order valence-electron chi connectivity index (χ0n) is 11.6. The molecule has 0 amide bonds. The fraction of sp³-hybridized carbons (Fsp3) is 0.400. The number of hydrogen-bond acceptors (Lipinski definition) is 4. The lowest BCUT2D eigenvalue weighted by Crippen LogP contribution is -2.05. The number of aromatic nitrogens is 3. The first-order valence-corrected chi connectivity index (χ1v) is 6.68. The van der Waals surface area contributed by atoms with Gasteiger partial charge in [0.05, 0.1) is 5.69 Å². The first-order valence-electron chi connectivity index (χ1n) is 6.68. The van der Waals surface area contributed by atoms with E-state index in [4.69, 9.17) is 4.98 Å². The number of nitrogens with zero attached hydrogens (tertiary/aromatic N) is 3. The summed E-state index contributed by atoms with van der Waals surface area (Å²) < 4.78 is 0. The van der Waals surface area contributed by atoms with Crippen molar-refractivity contribution in [2.24, 2.45) is 0 Å². The lowest BCUT2D eigenvalue weighted by molar-refractivity contribution is 0.922. The van der Waals surface area contributed by atoms with Gasteiger partial charge in [-0.2, -0.15) is 0 Å². The van der Waals surface area contributed by atoms with Crippen molar-refractivity contribution < 1.29 is 0 Å². The maximum absolute atomic E-state index is 4.78. The average Bonchev–Trinajstić information content (AvgIpc) is 3.24. The number of pyridine rings is 1. The van der Waals surface area contributed by atoms with Crippen molar-refractivity contribution in [3.05, 3.63) is 35.4 Å². The summed E-state index contributed by atoms with van der Waals surface area (Å²) in [6.45, 7) is 4.15. The van der Waals surface area contributed by atoms with E-state index in [2.05, 4.69) is 29.1 Å². The van der Waals surface area contributed by atoms with Crippen LogP contribution >= 0.6 is 0 Å². The summed E-state index contributed by atoms with van der Waals surface area (Å²) in [5.74, 6) is 2.44. The number of hydrogen-bond donors (Lipinski definition) is 1. The van der Waals surface area contributed by atoms with Crippen LogP contribution in [0.2, 0.25) is 0 Å². The predicted molar refractivity (Wildman–Crippen MR) is 76.3 cm³/mol. The fourth-order valence-corrected chi connectivity index (χ4v) is 2.28. The molecular weight excluding hydrogens is 236 g/mol. The second-order valence-electron chi connectivity index (χ2n) is 5.12. The normalized spacial score (nSPS) is 14.5. The Balaban J connectivity index is 2.19. The Morgan fingerprint density at radius 1 is 1.21 bits per heavy atom.